The molecular formula is C21H22N4O4. The van der Waals surface area contributed by atoms with Gasteiger partial charge in [0.25, 0.3) is 5.91 Å². The molecule has 0 radical (unpaired) electrons. The van der Waals surface area contributed by atoms with Crippen LogP contribution in [0, 0.1) is 5.92 Å². The van der Waals surface area contributed by atoms with Crippen LogP contribution in [-0.2, 0) is 4.79 Å². The van der Waals surface area contributed by atoms with Crippen molar-refractivity contribution >= 4 is 23.2 Å². The molecule has 0 bridgehead atoms. The zero-order valence-corrected chi connectivity index (χ0v) is 16.3. The summed E-state index contributed by atoms with van der Waals surface area (Å²) in [6.45, 7) is 3.55. The molecule has 1 heterocycles. The number of amides is 2. The Bertz CT molecular complexity index is 1040. The fourth-order valence-corrected chi connectivity index (χ4v) is 2.60. The minimum absolute atomic E-state index is 0.0693. The molecule has 2 amide bonds. The highest BCUT2D eigenvalue weighted by molar-refractivity contribution is 6.07. The summed E-state index contributed by atoms with van der Waals surface area (Å²) in [4.78, 5) is 24.8. The largest absolute Gasteiger partial charge is 0.507 e. The first-order valence-corrected chi connectivity index (χ1v) is 9.03. The number of carbonyl (C=O) groups is 2. The highest BCUT2D eigenvalue weighted by Crippen LogP contribution is 2.29. The minimum atomic E-state index is -0.440. The average molecular weight is 394 g/mol. The summed E-state index contributed by atoms with van der Waals surface area (Å²) in [5, 5.41) is 22.3. The number of ether oxygens (including phenoxy) is 1. The second-order valence-corrected chi connectivity index (χ2v) is 6.69. The number of aromatic hydroxyl groups is 1. The van der Waals surface area contributed by atoms with Crippen molar-refractivity contribution in [2.45, 2.75) is 13.8 Å². The van der Waals surface area contributed by atoms with Crippen molar-refractivity contribution in [2.24, 2.45) is 5.92 Å². The number of carbonyl (C=O) groups excluding carboxylic acids is 2. The number of H-pyrrole nitrogens is 1. The summed E-state index contributed by atoms with van der Waals surface area (Å²) in [5.74, 6) is -0.231. The topological polar surface area (TPSA) is 116 Å². The van der Waals surface area contributed by atoms with E-state index >= 15 is 0 Å². The molecule has 150 valence electrons. The number of hydrogen-bond donors (Lipinski definition) is 4. The van der Waals surface area contributed by atoms with Crippen LogP contribution in [0.25, 0.3) is 11.3 Å². The number of anilines is 2. The molecular weight excluding hydrogens is 372 g/mol. The van der Waals surface area contributed by atoms with Crippen molar-refractivity contribution in [3.8, 4) is 22.8 Å². The first-order valence-electron chi connectivity index (χ1n) is 9.03. The maximum atomic E-state index is 12.7. The molecule has 0 atom stereocenters. The smallest absolute Gasteiger partial charge is 0.273 e. The predicted molar refractivity (Wildman–Crippen MR) is 110 cm³/mol. The number of benzene rings is 2. The van der Waals surface area contributed by atoms with Crippen molar-refractivity contribution in [2.75, 3.05) is 17.7 Å². The lowest BCUT2D eigenvalue weighted by atomic mass is 10.1. The van der Waals surface area contributed by atoms with Crippen LogP contribution >= 0.6 is 0 Å². The molecule has 0 saturated carbocycles. The van der Waals surface area contributed by atoms with Crippen molar-refractivity contribution in [1.82, 2.24) is 10.2 Å². The van der Waals surface area contributed by atoms with Gasteiger partial charge in [-0.05, 0) is 30.3 Å². The lowest BCUT2D eigenvalue weighted by Crippen LogP contribution is -2.20. The van der Waals surface area contributed by atoms with Crippen LogP contribution < -0.4 is 15.4 Å². The van der Waals surface area contributed by atoms with Crippen molar-refractivity contribution in [3.63, 3.8) is 0 Å². The normalized spacial score (nSPS) is 10.6. The molecule has 0 aliphatic carbocycles. The summed E-state index contributed by atoms with van der Waals surface area (Å²) in [6.07, 6.45) is 0. The van der Waals surface area contributed by atoms with Gasteiger partial charge in [-0.1, -0.05) is 26.0 Å². The van der Waals surface area contributed by atoms with Crippen molar-refractivity contribution in [1.29, 1.82) is 0 Å². The maximum absolute atomic E-state index is 12.7. The van der Waals surface area contributed by atoms with Gasteiger partial charge in [0.1, 0.15) is 17.2 Å². The molecule has 8 nitrogen and oxygen atoms in total. The van der Waals surface area contributed by atoms with Gasteiger partial charge in [0.15, 0.2) is 0 Å². The van der Waals surface area contributed by atoms with Gasteiger partial charge >= 0.3 is 0 Å². The Kier molecular flexibility index (Phi) is 5.82. The van der Waals surface area contributed by atoms with E-state index in [9.17, 15) is 14.7 Å². The van der Waals surface area contributed by atoms with Gasteiger partial charge in [-0.25, -0.2) is 0 Å². The fraction of sp³-hybridized carbons (Fsp3) is 0.190. The molecule has 0 aliphatic heterocycles. The molecule has 0 spiro atoms. The maximum Gasteiger partial charge on any atom is 0.273 e. The lowest BCUT2D eigenvalue weighted by Gasteiger charge is -2.14. The number of aromatic nitrogens is 2. The van der Waals surface area contributed by atoms with Gasteiger partial charge in [0, 0.05) is 17.5 Å². The molecule has 4 N–H and O–H groups in total. The molecule has 0 unspecified atom stereocenters. The van der Waals surface area contributed by atoms with E-state index in [2.05, 4.69) is 20.8 Å². The monoisotopic (exact) mass is 394 g/mol. The van der Waals surface area contributed by atoms with Gasteiger partial charge in [0.2, 0.25) is 5.91 Å². The van der Waals surface area contributed by atoms with Gasteiger partial charge in [0.05, 0.1) is 24.2 Å². The molecule has 8 heteroatoms. The highest BCUT2D eigenvalue weighted by Gasteiger charge is 2.17. The Balaban J connectivity index is 1.84. The first-order chi connectivity index (χ1) is 13.9. The van der Waals surface area contributed by atoms with E-state index in [1.807, 2.05) is 0 Å². The molecule has 3 rings (SSSR count). The number of nitrogens with one attached hydrogen (secondary N) is 3. The molecule has 2 aromatic carbocycles. The van der Waals surface area contributed by atoms with Crippen molar-refractivity contribution in [3.05, 3.63) is 54.2 Å². The van der Waals surface area contributed by atoms with Crippen LogP contribution in [0.3, 0.4) is 0 Å². The molecule has 3 aromatic rings. The predicted octanol–water partition coefficient (Wildman–Crippen LogP) is 3.64. The van der Waals surface area contributed by atoms with E-state index in [4.69, 9.17) is 4.74 Å². The third-order valence-electron chi connectivity index (χ3n) is 4.26. The third kappa shape index (κ3) is 4.55. The number of phenolic OH excluding ortho intramolecular Hbond substituents is 1. The Morgan fingerprint density at radius 1 is 1.07 bits per heavy atom. The van der Waals surface area contributed by atoms with Crippen LogP contribution in [0.5, 0.6) is 11.5 Å². The summed E-state index contributed by atoms with van der Waals surface area (Å²) in [6, 6.07) is 13.2. The Labute approximate surface area is 167 Å². The highest BCUT2D eigenvalue weighted by atomic mass is 16.5. The zero-order valence-electron chi connectivity index (χ0n) is 16.3. The number of rotatable bonds is 6. The Morgan fingerprint density at radius 2 is 1.83 bits per heavy atom. The Morgan fingerprint density at radius 3 is 2.52 bits per heavy atom. The van der Waals surface area contributed by atoms with Gasteiger partial charge in [-0.15, -0.1) is 0 Å². The molecule has 0 saturated heterocycles. The average Bonchev–Trinajstić information content (AvgIpc) is 3.19. The van der Waals surface area contributed by atoms with Crippen LogP contribution in [0.15, 0.2) is 48.5 Å². The quantitative estimate of drug-likeness (QED) is 0.509. The lowest BCUT2D eigenvalue weighted by molar-refractivity contribution is -0.118. The van der Waals surface area contributed by atoms with Gasteiger partial charge in [-0.3, -0.25) is 14.7 Å². The van der Waals surface area contributed by atoms with E-state index in [1.54, 1.807) is 62.4 Å². The molecule has 0 fully saturated rings. The van der Waals surface area contributed by atoms with E-state index in [-0.39, 0.29) is 23.3 Å². The molecule has 0 aliphatic rings. The summed E-state index contributed by atoms with van der Waals surface area (Å²) < 4.78 is 5.20. The minimum Gasteiger partial charge on any atom is -0.507 e. The first kappa shape index (κ1) is 19.9. The van der Waals surface area contributed by atoms with Crippen LogP contribution in [0.4, 0.5) is 11.4 Å². The number of hydrogen-bond acceptors (Lipinski definition) is 5. The van der Waals surface area contributed by atoms with Crippen LogP contribution in [-0.4, -0.2) is 34.2 Å². The van der Waals surface area contributed by atoms with Gasteiger partial charge < -0.3 is 20.5 Å². The van der Waals surface area contributed by atoms with E-state index in [0.717, 1.165) is 0 Å². The van der Waals surface area contributed by atoms with Crippen LogP contribution in [0.1, 0.15) is 24.3 Å². The number of nitrogens with zero attached hydrogens (tertiary/aromatic N) is 1. The van der Waals surface area contributed by atoms with E-state index in [1.165, 1.54) is 7.11 Å². The van der Waals surface area contributed by atoms with Crippen LogP contribution in [0.2, 0.25) is 0 Å². The number of methoxy groups -OCH3 is 1. The summed E-state index contributed by atoms with van der Waals surface area (Å²) in [7, 11) is 1.52. The fourth-order valence-electron chi connectivity index (χ4n) is 2.60. The van der Waals surface area contributed by atoms with Gasteiger partial charge in [-0.2, -0.15) is 5.10 Å². The summed E-state index contributed by atoms with van der Waals surface area (Å²) >= 11 is 0. The van der Waals surface area contributed by atoms with E-state index in [0.29, 0.717) is 28.4 Å². The second-order valence-electron chi connectivity index (χ2n) is 6.69. The SMILES string of the molecule is COc1ccc(NC(=O)c2cc(-c3ccccc3O)n[nH]2)c(NC(=O)C(C)C)c1. The number of aromatic amines is 1. The standard InChI is InChI=1S/C21H22N4O4/c1-12(2)20(27)23-17-10-13(29-3)8-9-15(17)22-21(28)18-11-16(24-25-18)14-6-4-5-7-19(14)26/h4-12,26H,1-3H3,(H,22,28)(H,23,27)(H,24,25). The number of phenols is 1. The van der Waals surface area contributed by atoms with Crippen molar-refractivity contribution < 1.29 is 19.4 Å². The number of para-hydroxylation sites is 1. The Hall–Kier alpha value is -3.81. The molecule has 29 heavy (non-hydrogen) atoms. The van der Waals surface area contributed by atoms with E-state index < -0.39 is 5.91 Å². The third-order valence-corrected chi connectivity index (χ3v) is 4.26. The second kappa shape index (κ2) is 8.47. The summed E-state index contributed by atoms with van der Waals surface area (Å²) in [5.41, 5.74) is 2.01. The molecule has 1 aromatic heterocycles. The zero-order chi connectivity index (χ0) is 21.0.